The number of ether oxygens (including phenoxy) is 1. The lowest BCUT2D eigenvalue weighted by atomic mass is 9.84. The van der Waals surface area contributed by atoms with E-state index in [0.717, 1.165) is 37.7 Å². The minimum Gasteiger partial charge on any atom is -0.467 e. The smallest absolute Gasteiger partial charge is 0.331 e. The third kappa shape index (κ3) is 8.95. The maximum Gasteiger partial charge on any atom is 0.331 e. The summed E-state index contributed by atoms with van der Waals surface area (Å²) in [4.78, 5) is 88.5. The number of halogens is 1. The number of carbonyl (C=O) groups excluding carboxylic acids is 6. The van der Waals surface area contributed by atoms with Crippen molar-refractivity contribution in [3.8, 4) is 0 Å². The van der Waals surface area contributed by atoms with Crippen LogP contribution in [0.1, 0.15) is 110 Å². The molecule has 4 aliphatic rings. The van der Waals surface area contributed by atoms with Gasteiger partial charge in [-0.1, -0.05) is 82.3 Å². The van der Waals surface area contributed by atoms with Gasteiger partial charge in [0.05, 0.1) is 25.4 Å². The Labute approximate surface area is 310 Å². The molecule has 5 rings (SSSR count). The lowest BCUT2D eigenvalue weighted by Gasteiger charge is -2.36. The Bertz CT molecular complexity index is 1600. The molecule has 2 aliphatic carbocycles. The van der Waals surface area contributed by atoms with E-state index < -0.39 is 64.2 Å². The van der Waals surface area contributed by atoms with Crippen LogP contribution in [0, 0.1) is 11.3 Å². The van der Waals surface area contributed by atoms with Gasteiger partial charge >= 0.3 is 5.97 Å². The molecular weight excluding hydrogens is 690 g/mol. The number of carbonyl (C=O) groups is 6. The minimum atomic E-state index is -1.24. The zero-order chi connectivity index (χ0) is 37.8. The Morgan fingerprint density at radius 3 is 2.40 bits per heavy atom. The zero-order valence-corrected chi connectivity index (χ0v) is 31.6. The van der Waals surface area contributed by atoms with Crippen LogP contribution >= 0.6 is 11.6 Å². The summed E-state index contributed by atoms with van der Waals surface area (Å²) in [6.45, 7) is 7.39. The summed E-state index contributed by atoms with van der Waals surface area (Å²) in [5.74, 6) is -3.57. The lowest BCUT2D eigenvalue weighted by molar-refractivity contribution is -0.148. The van der Waals surface area contributed by atoms with Crippen LogP contribution in [-0.4, -0.2) is 88.9 Å². The van der Waals surface area contributed by atoms with Crippen LogP contribution in [0.25, 0.3) is 0 Å². The first-order valence-corrected chi connectivity index (χ1v) is 18.8. The van der Waals surface area contributed by atoms with E-state index in [9.17, 15) is 28.8 Å². The van der Waals surface area contributed by atoms with E-state index >= 15 is 0 Å². The van der Waals surface area contributed by atoms with Gasteiger partial charge in [-0.15, -0.1) is 0 Å². The number of rotatable bonds is 13. The molecule has 1 aromatic rings. The Morgan fingerprint density at radius 1 is 1.08 bits per heavy atom. The van der Waals surface area contributed by atoms with E-state index in [1.807, 2.05) is 33.8 Å². The summed E-state index contributed by atoms with van der Waals surface area (Å²) in [6.07, 6.45) is 7.24. The van der Waals surface area contributed by atoms with E-state index in [1.54, 1.807) is 18.2 Å². The minimum absolute atomic E-state index is 0.00289. The van der Waals surface area contributed by atoms with Gasteiger partial charge in [0.25, 0.3) is 5.91 Å². The Balaban J connectivity index is 1.38. The van der Waals surface area contributed by atoms with Gasteiger partial charge in [0, 0.05) is 29.8 Å². The molecule has 0 aromatic heterocycles. The number of esters is 1. The molecule has 1 aromatic carbocycles. The molecule has 284 valence electrons. The number of ketones is 1. The largest absolute Gasteiger partial charge is 0.467 e. The van der Waals surface area contributed by atoms with Crippen LogP contribution in [0.4, 0.5) is 0 Å². The zero-order valence-electron chi connectivity index (χ0n) is 30.8. The molecule has 1 spiro atoms. The summed E-state index contributed by atoms with van der Waals surface area (Å²) >= 11 is 6.25. The molecular formula is C38H52ClN5O8. The van der Waals surface area contributed by atoms with E-state index in [1.165, 1.54) is 12.0 Å². The molecule has 0 radical (unpaired) electrons. The van der Waals surface area contributed by atoms with Gasteiger partial charge in [0.1, 0.15) is 17.6 Å². The second kappa shape index (κ2) is 15.9. The topological polar surface area (TPSA) is 173 Å². The number of oxime groups is 1. The number of hydrogen-bond donors (Lipinski definition) is 3. The van der Waals surface area contributed by atoms with Crippen molar-refractivity contribution < 1.29 is 38.3 Å². The first-order valence-electron chi connectivity index (χ1n) is 18.5. The number of hydrogen-bond acceptors (Lipinski definition) is 9. The molecule has 2 aliphatic heterocycles. The number of methoxy groups -OCH3 is 1. The average Bonchev–Trinajstić information content (AvgIpc) is 3.61. The number of likely N-dealkylation sites (tertiary alicyclic amines) is 1. The van der Waals surface area contributed by atoms with Crippen molar-refractivity contribution in [3.05, 3.63) is 34.9 Å². The first-order chi connectivity index (χ1) is 24.6. The van der Waals surface area contributed by atoms with Crippen molar-refractivity contribution in [1.82, 2.24) is 20.9 Å². The molecule has 2 saturated carbocycles. The third-order valence-electron chi connectivity index (χ3n) is 10.7. The van der Waals surface area contributed by atoms with Crippen LogP contribution in [0.3, 0.4) is 0 Å². The van der Waals surface area contributed by atoms with E-state index in [4.69, 9.17) is 21.2 Å². The predicted octanol–water partition coefficient (Wildman–Crippen LogP) is 3.98. The van der Waals surface area contributed by atoms with Crippen molar-refractivity contribution in [2.24, 2.45) is 16.5 Å². The first kappa shape index (κ1) is 39.2. The second-order valence-corrected chi connectivity index (χ2v) is 16.4. The molecule has 3 N–H and O–H groups in total. The number of benzene rings is 1. The second-order valence-electron chi connectivity index (χ2n) is 16.0. The molecule has 4 atom stereocenters. The van der Waals surface area contributed by atoms with Gasteiger partial charge < -0.3 is 30.4 Å². The van der Waals surface area contributed by atoms with Gasteiger partial charge in [-0.3, -0.25) is 24.0 Å². The molecule has 2 heterocycles. The molecule has 52 heavy (non-hydrogen) atoms. The number of nitrogens with one attached hydrogen (secondary N) is 3. The van der Waals surface area contributed by atoms with Crippen LogP contribution < -0.4 is 16.0 Å². The average molecular weight is 742 g/mol. The summed E-state index contributed by atoms with van der Waals surface area (Å²) < 4.78 is 4.80. The highest BCUT2D eigenvalue weighted by molar-refractivity contribution is 6.39. The van der Waals surface area contributed by atoms with Gasteiger partial charge in [0.15, 0.2) is 5.60 Å². The van der Waals surface area contributed by atoms with Crippen LogP contribution in [0.5, 0.6) is 0 Å². The lowest BCUT2D eigenvalue weighted by Crippen LogP contribution is -2.59. The molecule has 0 unspecified atom stereocenters. The fourth-order valence-electron chi connectivity index (χ4n) is 7.60. The maximum absolute atomic E-state index is 14.6. The van der Waals surface area contributed by atoms with E-state index in [2.05, 4.69) is 21.1 Å². The Kier molecular flexibility index (Phi) is 12.0. The molecule has 14 heteroatoms. The van der Waals surface area contributed by atoms with Gasteiger partial charge in [-0.2, -0.15) is 0 Å². The SMILES string of the molecule is CCC[C@H](NC(=O)[C@@H]1C[C@]2(CC(c3cccc(Cl)c3)=NO2)CN1C(=O)[C@@H](NC(=O)CC1CCCCC1)C(C)(C)C)C(=O)C(=O)NC1(C(=O)OC)CC1. The molecule has 1 saturated heterocycles. The highest BCUT2D eigenvalue weighted by Gasteiger charge is 2.56. The molecule has 0 bridgehead atoms. The highest BCUT2D eigenvalue weighted by atomic mass is 35.5. The van der Waals surface area contributed by atoms with Gasteiger partial charge in [0.2, 0.25) is 23.5 Å². The monoisotopic (exact) mass is 741 g/mol. The summed E-state index contributed by atoms with van der Waals surface area (Å²) in [5.41, 5.74) is -1.67. The molecule has 13 nitrogen and oxygen atoms in total. The molecule has 4 amide bonds. The standard InChI is InChI=1S/C38H52ClN5O8/c1-6-11-26(30(46)33(48)42-38(16-17-38)35(50)51-5)40-32(47)28-21-37(20-27(43-52-37)24-14-10-15-25(39)19-24)22-44(28)34(49)31(36(2,3)4)41-29(45)18-23-12-8-7-9-13-23/h10,14-15,19,23,26,28,31H,6-9,11-13,16-18,20-22H2,1-5H3,(H,40,47)(H,41,45)(H,42,48)/t26-,28-,31+,37+/m0/s1. The Hall–Kier alpha value is -4.00. The van der Waals surface area contributed by atoms with Crippen molar-refractivity contribution in [3.63, 3.8) is 0 Å². The fraction of sp³-hybridized carbons (Fsp3) is 0.658. The van der Waals surface area contributed by atoms with Crippen molar-refractivity contribution in [2.75, 3.05) is 13.7 Å². The normalized spacial score (nSPS) is 23.5. The Morgan fingerprint density at radius 2 is 1.79 bits per heavy atom. The summed E-state index contributed by atoms with van der Waals surface area (Å²) in [6, 6.07) is 3.88. The summed E-state index contributed by atoms with van der Waals surface area (Å²) in [5, 5.41) is 13.1. The third-order valence-corrected chi connectivity index (χ3v) is 10.9. The number of Topliss-reactive ketones (excluding diaryl/α,β-unsaturated/α-hetero) is 1. The highest BCUT2D eigenvalue weighted by Crippen LogP contribution is 2.41. The maximum atomic E-state index is 14.6. The van der Waals surface area contributed by atoms with Crippen LogP contribution in [-0.2, 0) is 38.3 Å². The predicted molar refractivity (Wildman–Crippen MR) is 193 cm³/mol. The molecule has 3 fully saturated rings. The van der Waals surface area contributed by atoms with Crippen molar-refractivity contribution in [1.29, 1.82) is 0 Å². The van der Waals surface area contributed by atoms with Gasteiger partial charge in [-0.25, -0.2) is 4.79 Å². The van der Waals surface area contributed by atoms with Crippen molar-refractivity contribution >= 4 is 52.7 Å². The summed E-state index contributed by atoms with van der Waals surface area (Å²) in [7, 11) is 1.21. The van der Waals surface area contributed by atoms with Crippen LogP contribution in [0.15, 0.2) is 29.4 Å². The number of amides is 4. The van der Waals surface area contributed by atoms with E-state index in [-0.39, 0.29) is 37.6 Å². The van der Waals surface area contributed by atoms with Crippen molar-refractivity contribution in [2.45, 2.75) is 134 Å². The van der Waals surface area contributed by atoms with Gasteiger partial charge in [-0.05, 0) is 55.6 Å². The van der Waals surface area contributed by atoms with Crippen LogP contribution in [0.2, 0.25) is 5.02 Å². The fourth-order valence-corrected chi connectivity index (χ4v) is 7.79. The number of nitrogens with zero attached hydrogens (tertiary/aromatic N) is 2. The van der Waals surface area contributed by atoms with E-state index in [0.29, 0.717) is 36.4 Å². The quantitative estimate of drug-likeness (QED) is 0.201.